The molecule has 0 aliphatic carbocycles. The summed E-state index contributed by atoms with van der Waals surface area (Å²) in [5.74, 6) is -0.347. The third kappa shape index (κ3) is 5.03. The Morgan fingerprint density at radius 2 is 2.12 bits per heavy atom. The molecule has 0 bridgehead atoms. The number of anilines is 1. The number of halogens is 3. The first-order valence-electron chi connectivity index (χ1n) is 8.54. The van der Waals surface area contributed by atoms with Crippen LogP contribution in [0.15, 0.2) is 18.2 Å². The maximum absolute atomic E-state index is 12.4. The highest BCUT2D eigenvalue weighted by Gasteiger charge is 2.34. The van der Waals surface area contributed by atoms with Gasteiger partial charge in [0.2, 0.25) is 5.91 Å². The van der Waals surface area contributed by atoms with Gasteiger partial charge in [-0.1, -0.05) is 18.0 Å². The zero-order valence-electron chi connectivity index (χ0n) is 14.1. The van der Waals surface area contributed by atoms with Crippen LogP contribution in [0.2, 0.25) is 5.02 Å². The molecule has 0 saturated carbocycles. The van der Waals surface area contributed by atoms with Gasteiger partial charge in [-0.15, -0.1) is 0 Å². The van der Waals surface area contributed by atoms with Crippen molar-refractivity contribution in [3.8, 4) is 5.75 Å². The van der Waals surface area contributed by atoms with E-state index in [4.69, 9.17) is 21.1 Å². The van der Waals surface area contributed by atoms with Crippen molar-refractivity contribution in [2.24, 2.45) is 0 Å². The van der Waals surface area contributed by atoms with E-state index in [0.29, 0.717) is 18.9 Å². The number of nitrogens with one attached hydrogen (secondary N) is 1. The van der Waals surface area contributed by atoms with Crippen LogP contribution >= 0.6 is 11.6 Å². The number of carbonyl (C=O) groups excluding carboxylic acids is 1. The van der Waals surface area contributed by atoms with Crippen molar-refractivity contribution < 1.29 is 27.8 Å². The monoisotopic (exact) mass is 390 g/mol. The van der Waals surface area contributed by atoms with Crippen molar-refractivity contribution in [1.82, 2.24) is 4.90 Å². The average Bonchev–Trinajstić information content (AvgIpc) is 3.12. The Balaban J connectivity index is 1.58. The topological polar surface area (TPSA) is 60.0 Å². The van der Waals surface area contributed by atoms with Crippen molar-refractivity contribution in [3.05, 3.63) is 23.2 Å². The highest BCUT2D eigenvalue weighted by molar-refractivity contribution is 6.32. The number of piperidine rings is 1. The van der Waals surface area contributed by atoms with E-state index in [-0.39, 0.29) is 35.6 Å². The summed E-state index contributed by atoms with van der Waals surface area (Å²) >= 11 is 5.90. The van der Waals surface area contributed by atoms with E-state index in [1.165, 1.54) is 18.2 Å². The number of ether oxygens (including phenoxy) is 3. The van der Waals surface area contributed by atoms with Crippen molar-refractivity contribution in [2.45, 2.75) is 38.2 Å². The predicted molar refractivity (Wildman–Crippen MR) is 91.6 cm³/mol. The smallest absolute Gasteiger partial charge is 0.387 e. The second-order valence-electron chi connectivity index (χ2n) is 6.22. The Kier molecular flexibility index (Phi) is 6.63. The van der Waals surface area contributed by atoms with Gasteiger partial charge in [-0.25, -0.2) is 0 Å². The Labute approximate surface area is 155 Å². The maximum Gasteiger partial charge on any atom is 0.387 e. The lowest BCUT2D eigenvalue weighted by molar-refractivity contribution is -0.127. The fourth-order valence-electron chi connectivity index (χ4n) is 3.28. The molecule has 0 aromatic heterocycles. The number of carbonyl (C=O) groups is 1. The molecule has 2 aliphatic heterocycles. The van der Waals surface area contributed by atoms with E-state index >= 15 is 0 Å². The van der Waals surface area contributed by atoms with Crippen LogP contribution in [0, 0.1) is 0 Å². The van der Waals surface area contributed by atoms with Crippen molar-refractivity contribution in [3.63, 3.8) is 0 Å². The van der Waals surface area contributed by atoms with E-state index < -0.39 is 6.61 Å². The van der Waals surface area contributed by atoms with Crippen LogP contribution < -0.4 is 10.1 Å². The summed E-state index contributed by atoms with van der Waals surface area (Å²) in [5.41, 5.74) is 0.420. The van der Waals surface area contributed by atoms with E-state index in [1.54, 1.807) is 0 Å². The molecule has 9 heteroatoms. The van der Waals surface area contributed by atoms with E-state index in [2.05, 4.69) is 15.0 Å². The molecule has 6 nitrogen and oxygen atoms in total. The minimum atomic E-state index is -2.95. The number of benzene rings is 1. The highest BCUT2D eigenvalue weighted by atomic mass is 35.5. The van der Waals surface area contributed by atoms with Crippen LogP contribution in [-0.2, 0) is 14.3 Å². The van der Waals surface area contributed by atoms with E-state index in [1.807, 2.05) is 0 Å². The second kappa shape index (κ2) is 8.94. The molecule has 0 spiro atoms. The van der Waals surface area contributed by atoms with E-state index in [9.17, 15) is 13.6 Å². The molecule has 2 saturated heterocycles. The lowest BCUT2D eigenvalue weighted by Gasteiger charge is -2.37. The first-order valence-corrected chi connectivity index (χ1v) is 8.92. The number of likely N-dealkylation sites (tertiary alicyclic amines) is 1. The molecule has 3 rings (SSSR count). The van der Waals surface area contributed by atoms with E-state index in [0.717, 1.165) is 25.8 Å². The zero-order chi connectivity index (χ0) is 18.5. The molecule has 1 amide bonds. The first kappa shape index (κ1) is 19.3. The SMILES string of the molecule is O=C(CN1CCCCC1C1OCCO1)Nc1ccc(OC(F)F)c(Cl)c1. The van der Waals surface area contributed by atoms with Crippen LogP contribution in [0.4, 0.5) is 14.5 Å². The molecule has 1 N–H and O–H groups in total. The standard InChI is InChI=1S/C17H21ClF2N2O4/c18-12-9-11(4-5-14(12)26-17(19)20)21-15(23)10-22-6-2-1-3-13(22)16-24-7-8-25-16/h4-5,9,13,16-17H,1-3,6-8,10H2,(H,21,23). The number of hydrogen-bond acceptors (Lipinski definition) is 5. The Bertz CT molecular complexity index is 629. The van der Waals surface area contributed by atoms with Gasteiger partial charge < -0.3 is 19.5 Å². The lowest BCUT2D eigenvalue weighted by Crippen LogP contribution is -2.50. The number of rotatable bonds is 6. The van der Waals surface area contributed by atoms with Gasteiger partial charge in [0.25, 0.3) is 0 Å². The van der Waals surface area contributed by atoms with Gasteiger partial charge in [0, 0.05) is 5.69 Å². The average molecular weight is 391 g/mol. The van der Waals surface area contributed by atoms with Crippen LogP contribution in [0.25, 0.3) is 0 Å². The molecule has 2 fully saturated rings. The molecule has 1 atom stereocenters. The molecule has 1 aromatic carbocycles. The summed E-state index contributed by atoms with van der Waals surface area (Å²) in [4.78, 5) is 14.4. The molecule has 2 heterocycles. The maximum atomic E-state index is 12.4. The van der Waals surface area contributed by atoms with Crippen LogP contribution in [0.1, 0.15) is 19.3 Å². The van der Waals surface area contributed by atoms with Gasteiger partial charge in [0.1, 0.15) is 5.75 Å². The zero-order valence-corrected chi connectivity index (χ0v) is 14.9. The largest absolute Gasteiger partial charge is 0.433 e. The summed E-state index contributed by atoms with van der Waals surface area (Å²) in [7, 11) is 0. The molecule has 144 valence electrons. The summed E-state index contributed by atoms with van der Waals surface area (Å²) in [5, 5.41) is 2.74. The molecule has 1 aromatic rings. The normalized spacial score (nSPS) is 21.9. The Hall–Kier alpha value is -1.48. The first-order chi connectivity index (χ1) is 12.5. The van der Waals surface area contributed by atoms with Crippen molar-refractivity contribution in [1.29, 1.82) is 0 Å². The second-order valence-corrected chi connectivity index (χ2v) is 6.62. The molecular weight excluding hydrogens is 370 g/mol. The third-order valence-corrected chi connectivity index (χ3v) is 4.70. The summed E-state index contributed by atoms with van der Waals surface area (Å²) < 4.78 is 40.0. The molecule has 26 heavy (non-hydrogen) atoms. The number of alkyl halides is 2. The Morgan fingerprint density at radius 3 is 2.81 bits per heavy atom. The minimum absolute atomic E-state index is 0.00621. The summed E-state index contributed by atoms with van der Waals surface area (Å²) in [6.07, 6.45) is 2.72. The van der Waals surface area contributed by atoms with Gasteiger partial charge in [-0.3, -0.25) is 9.69 Å². The fourth-order valence-corrected chi connectivity index (χ4v) is 3.50. The Morgan fingerprint density at radius 1 is 1.35 bits per heavy atom. The van der Waals surface area contributed by atoms with Gasteiger partial charge in [-0.2, -0.15) is 8.78 Å². The van der Waals surface area contributed by atoms with Crippen LogP contribution in [0.3, 0.4) is 0 Å². The summed E-state index contributed by atoms with van der Waals surface area (Å²) in [6, 6.07) is 4.21. The minimum Gasteiger partial charge on any atom is -0.433 e. The number of amides is 1. The van der Waals surface area contributed by atoms with Gasteiger partial charge in [0.05, 0.1) is 30.8 Å². The third-order valence-electron chi connectivity index (χ3n) is 4.40. The lowest BCUT2D eigenvalue weighted by atomic mass is 10.0. The number of nitrogens with zero attached hydrogens (tertiary/aromatic N) is 1. The molecule has 1 unspecified atom stereocenters. The van der Waals surface area contributed by atoms with Gasteiger partial charge in [-0.05, 0) is 37.6 Å². The molecule has 0 radical (unpaired) electrons. The van der Waals surface area contributed by atoms with Crippen molar-refractivity contribution in [2.75, 3.05) is 31.6 Å². The predicted octanol–water partition coefficient (Wildman–Crippen LogP) is 3.11. The van der Waals surface area contributed by atoms with Gasteiger partial charge in [0.15, 0.2) is 6.29 Å². The molecule has 2 aliphatic rings. The molecular formula is C17H21ClF2N2O4. The highest BCUT2D eigenvalue weighted by Crippen LogP contribution is 2.29. The summed E-state index contributed by atoms with van der Waals surface area (Å²) in [6.45, 7) is -0.812. The van der Waals surface area contributed by atoms with Gasteiger partial charge >= 0.3 is 6.61 Å². The van der Waals surface area contributed by atoms with Crippen molar-refractivity contribution >= 4 is 23.2 Å². The van der Waals surface area contributed by atoms with Crippen LogP contribution in [0.5, 0.6) is 5.75 Å². The fraction of sp³-hybridized carbons (Fsp3) is 0.588. The number of hydrogen-bond donors (Lipinski definition) is 1. The van der Waals surface area contributed by atoms with Crippen LogP contribution in [-0.4, -0.2) is 56.1 Å². The quantitative estimate of drug-likeness (QED) is 0.808.